The van der Waals surface area contributed by atoms with Gasteiger partial charge in [0.05, 0.1) is 5.69 Å². The fourth-order valence-corrected chi connectivity index (χ4v) is 3.72. The third-order valence-corrected chi connectivity index (χ3v) is 5.40. The van der Waals surface area contributed by atoms with E-state index in [0.29, 0.717) is 51.8 Å². The molecular weight excluding hydrogens is 404 g/mol. The van der Waals surface area contributed by atoms with Gasteiger partial charge in [0.2, 0.25) is 0 Å². The van der Waals surface area contributed by atoms with E-state index in [-0.39, 0.29) is 5.91 Å². The molecule has 0 saturated heterocycles. The van der Waals surface area contributed by atoms with Crippen LogP contribution in [0.2, 0.25) is 0 Å². The summed E-state index contributed by atoms with van der Waals surface area (Å²) in [5, 5.41) is 8.57. The maximum Gasteiger partial charge on any atom is 0.325 e. The number of hydrogen-bond donors (Lipinski definition) is 3. The third kappa shape index (κ3) is 4.52. The number of rotatable bonds is 4. The summed E-state index contributed by atoms with van der Waals surface area (Å²) in [5.41, 5.74) is 2.89. The maximum absolute atomic E-state index is 12.7. The molecule has 2 aromatic carbocycles. The number of thiazole rings is 1. The molecule has 1 aliphatic heterocycles. The lowest BCUT2D eigenvalue weighted by molar-refractivity contribution is 0.102. The highest BCUT2D eigenvalue weighted by atomic mass is 32.1. The van der Waals surface area contributed by atoms with Gasteiger partial charge in [-0.2, -0.15) is 0 Å². The Morgan fingerprint density at radius 2 is 1.60 bits per heavy atom. The summed E-state index contributed by atoms with van der Waals surface area (Å²) < 4.78 is 11.0. The van der Waals surface area contributed by atoms with Gasteiger partial charge in [0, 0.05) is 17.4 Å². The van der Waals surface area contributed by atoms with Gasteiger partial charge in [-0.05, 0) is 38.1 Å². The minimum atomic E-state index is -0.425. The Balaban J connectivity index is 1.41. The Morgan fingerprint density at radius 3 is 2.37 bits per heavy atom. The predicted octanol–water partition coefficient (Wildman–Crippen LogP) is 4.43. The molecule has 0 saturated carbocycles. The van der Waals surface area contributed by atoms with Crippen molar-refractivity contribution in [3.63, 3.8) is 0 Å². The van der Waals surface area contributed by atoms with Crippen LogP contribution in [-0.4, -0.2) is 30.1 Å². The van der Waals surface area contributed by atoms with Gasteiger partial charge in [-0.25, -0.2) is 9.78 Å². The molecule has 1 aliphatic rings. The molecular formula is C21H20N4O4S. The zero-order valence-electron chi connectivity index (χ0n) is 16.4. The zero-order chi connectivity index (χ0) is 21.1. The molecule has 0 aliphatic carbocycles. The van der Waals surface area contributed by atoms with Crippen molar-refractivity contribution in [3.05, 3.63) is 58.6 Å². The highest BCUT2D eigenvalue weighted by Gasteiger charge is 2.18. The topological polar surface area (TPSA) is 102 Å². The van der Waals surface area contributed by atoms with Crippen molar-refractivity contribution in [2.75, 3.05) is 29.2 Å². The molecule has 2 heterocycles. The van der Waals surface area contributed by atoms with Crippen molar-refractivity contribution in [1.82, 2.24) is 4.98 Å². The molecule has 1 aromatic heterocycles. The van der Waals surface area contributed by atoms with Crippen LogP contribution in [0.4, 0.5) is 21.3 Å². The van der Waals surface area contributed by atoms with Gasteiger partial charge >= 0.3 is 6.03 Å². The first-order valence-electron chi connectivity index (χ1n) is 9.31. The summed E-state index contributed by atoms with van der Waals surface area (Å²) in [4.78, 5) is 29.6. The number of urea groups is 1. The van der Waals surface area contributed by atoms with Crippen molar-refractivity contribution in [2.24, 2.45) is 0 Å². The van der Waals surface area contributed by atoms with E-state index in [0.717, 1.165) is 16.9 Å². The molecule has 0 unspecified atom stereocenters. The fourth-order valence-electron chi connectivity index (χ4n) is 2.87. The van der Waals surface area contributed by atoms with E-state index in [2.05, 4.69) is 20.9 Å². The van der Waals surface area contributed by atoms with Crippen LogP contribution in [0.3, 0.4) is 0 Å². The largest absolute Gasteiger partial charge is 0.486 e. The molecule has 154 valence electrons. The van der Waals surface area contributed by atoms with Crippen LogP contribution in [-0.2, 0) is 0 Å². The van der Waals surface area contributed by atoms with E-state index in [1.165, 1.54) is 0 Å². The summed E-state index contributed by atoms with van der Waals surface area (Å²) in [7, 11) is 0. The third-order valence-electron chi connectivity index (χ3n) is 4.33. The normalized spacial score (nSPS) is 12.2. The van der Waals surface area contributed by atoms with Crippen molar-refractivity contribution < 1.29 is 19.1 Å². The minimum Gasteiger partial charge on any atom is -0.486 e. The van der Waals surface area contributed by atoms with Gasteiger partial charge in [0.25, 0.3) is 5.91 Å². The van der Waals surface area contributed by atoms with Crippen molar-refractivity contribution >= 4 is 39.8 Å². The molecule has 3 amide bonds. The molecule has 3 aromatic rings. The predicted molar refractivity (Wildman–Crippen MR) is 116 cm³/mol. The molecule has 4 rings (SSSR count). The Morgan fingerprint density at radius 1 is 0.900 bits per heavy atom. The number of anilines is 3. The average Bonchev–Trinajstić information content (AvgIpc) is 3.09. The first kappa shape index (κ1) is 19.7. The van der Waals surface area contributed by atoms with Crippen molar-refractivity contribution in [2.45, 2.75) is 13.8 Å². The molecule has 0 bridgehead atoms. The minimum absolute atomic E-state index is 0.311. The molecule has 0 spiro atoms. The highest BCUT2D eigenvalue weighted by Crippen LogP contribution is 2.33. The molecule has 0 fully saturated rings. The first-order chi connectivity index (χ1) is 14.5. The average molecular weight is 424 g/mol. The second-order valence-electron chi connectivity index (χ2n) is 6.69. The van der Waals surface area contributed by atoms with Crippen LogP contribution in [0.25, 0.3) is 0 Å². The maximum atomic E-state index is 12.7. The highest BCUT2D eigenvalue weighted by molar-refractivity contribution is 7.17. The number of nitrogens with one attached hydrogen (secondary N) is 3. The number of hydrogen-bond acceptors (Lipinski definition) is 6. The number of nitrogens with zero attached hydrogens (tertiary/aromatic N) is 1. The number of aromatic nitrogens is 1. The van der Waals surface area contributed by atoms with Crippen LogP contribution in [0.5, 0.6) is 11.5 Å². The Kier molecular flexibility index (Phi) is 5.53. The van der Waals surface area contributed by atoms with Crippen molar-refractivity contribution in [1.29, 1.82) is 0 Å². The Hall–Kier alpha value is -3.59. The molecule has 9 heteroatoms. The summed E-state index contributed by atoms with van der Waals surface area (Å²) in [6.07, 6.45) is 0. The lowest BCUT2D eigenvalue weighted by Crippen LogP contribution is -2.19. The lowest BCUT2D eigenvalue weighted by Gasteiger charge is -2.18. The van der Waals surface area contributed by atoms with E-state index in [4.69, 9.17) is 9.47 Å². The second-order valence-corrected chi connectivity index (χ2v) is 7.69. The molecule has 0 atom stereocenters. The number of ether oxygens (including phenoxy) is 2. The molecule has 3 N–H and O–H groups in total. The van der Waals surface area contributed by atoms with Crippen LogP contribution in [0.1, 0.15) is 20.9 Å². The number of aryl methyl sites for hydroxylation is 2. The number of fused-ring (bicyclic) bond motifs is 1. The summed E-state index contributed by atoms with van der Waals surface area (Å²) >= 11 is 1.11. The number of amides is 3. The Bertz CT molecular complexity index is 1090. The van der Waals surface area contributed by atoms with E-state index < -0.39 is 6.03 Å². The first-order valence-corrected chi connectivity index (χ1v) is 10.1. The van der Waals surface area contributed by atoms with Crippen LogP contribution in [0.15, 0.2) is 42.5 Å². The zero-order valence-corrected chi connectivity index (χ0v) is 17.3. The van der Waals surface area contributed by atoms with Gasteiger partial charge in [-0.1, -0.05) is 29.0 Å². The number of carbonyl (C=O) groups excluding carboxylic acids is 2. The van der Waals surface area contributed by atoms with Gasteiger partial charge in [-0.3, -0.25) is 10.1 Å². The molecule has 0 radical (unpaired) electrons. The standard InChI is InChI=1S/C21H20N4O4S/c1-12-3-5-14(6-4-12)24-20(27)25-21-22-13(2)18(30-21)19(26)23-15-7-8-16-17(11-15)29-10-9-28-16/h3-8,11H,9-10H2,1-2H3,(H,23,26)(H2,22,24,25,27). The molecule has 30 heavy (non-hydrogen) atoms. The van der Waals surface area contributed by atoms with E-state index in [9.17, 15) is 9.59 Å². The SMILES string of the molecule is Cc1ccc(NC(=O)Nc2nc(C)c(C(=O)Nc3ccc4c(c3)OCCO4)s2)cc1. The van der Waals surface area contributed by atoms with Gasteiger partial charge in [-0.15, -0.1) is 0 Å². The monoisotopic (exact) mass is 424 g/mol. The van der Waals surface area contributed by atoms with Crippen molar-refractivity contribution in [3.8, 4) is 11.5 Å². The van der Waals surface area contributed by atoms with E-state index in [1.54, 1.807) is 25.1 Å². The summed E-state index contributed by atoms with van der Waals surface area (Å²) in [6.45, 7) is 4.67. The van der Waals surface area contributed by atoms with Crippen LogP contribution >= 0.6 is 11.3 Å². The molecule has 8 nitrogen and oxygen atoms in total. The van der Waals surface area contributed by atoms with Gasteiger partial charge in [0.1, 0.15) is 18.1 Å². The van der Waals surface area contributed by atoms with Crippen LogP contribution < -0.4 is 25.4 Å². The number of carbonyl (C=O) groups is 2. The summed E-state index contributed by atoms with van der Waals surface area (Å²) in [5.74, 6) is 0.933. The van der Waals surface area contributed by atoms with E-state index >= 15 is 0 Å². The summed E-state index contributed by atoms with van der Waals surface area (Å²) in [6, 6.07) is 12.2. The fraction of sp³-hybridized carbons (Fsp3) is 0.190. The second kappa shape index (κ2) is 8.42. The van der Waals surface area contributed by atoms with E-state index in [1.807, 2.05) is 31.2 Å². The quantitative estimate of drug-likeness (QED) is 0.575. The number of benzene rings is 2. The van der Waals surface area contributed by atoms with Crippen LogP contribution in [0, 0.1) is 13.8 Å². The smallest absolute Gasteiger partial charge is 0.325 e. The van der Waals surface area contributed by atoms with Gasteiger partial charge < -0.3 is 20.1 Å². The lowest BCUT2D eigenvalue weighted by atomic mass is 10.2. The van der Waals surface area contributed by atoms with Gasteiger partial charge in [0.15, 0.2) is 16.6 Å². The Labute approximate surface area is 177 Å².